The summed E-state index contributed by atoms with van der Waals surface area (Å²) in [5.74, 6) is 0.424. The standard InChI is InChI=1S/C22H25ClN4O3S/c1-14(28)30-22(8-9-22)12-27-11-18(21(2,3)4)31-20(27)26-19(25-13-24)16-10-15(23)6-7-17(16)29-5/h6-7,10-11H,8-9,12H2,1-5H3/b25-19-,26-20-. The molecule has 0 atom stereocenters. The summed E-state index contributed by atoms with van der Waals surface area (Å²) in [4.78, 5) is 22.0. The van der Waals surface area contributed by atoms with Gasteiger partial charge in [-0.2, -0.15) is 15.2 Å². The van der Waals surface area contributed by atoms with Crippen molar-refractivity contribution < 1.29 is 14.3 Å². The number of aromatic nitrogens is 1. The maximum absolute atomic E-state index is 11.6. The zero-order chi connectivity index (χ0) is 22.8. The van der Waals surface area contributed by atoms with Gasteiger partial charge in [0.15, 0.2) is 10.6 Å². The molecule has 0 unspecified atom stereocenters. The first-order valence-electron chi connectivity index (χ1n) is 9.83. The number of hydrogen-bond donors (Lipinski definition) is 0. The topological polar surface area (TPSA) is 89.0 Å². The van der Waals surface area contributed by atoms with Gasteiger partial charge < -0.3 is 14.0 Å². The normalized spacial score (nSPS) is 16.0. The Labute approximate surface area is 190 Å². The third-order valence-corrected chi connectivity index (χ3v) is 6.53. The number of carbonyl (C=O) groups is 1. The van der Waals surface area contributed by atoms with Gasteiger partial charge in [0.2, 0.25) is 6.19 Å². The molecule has 3 rings (SSSR count). The van der Waals surface area contributed by atoms with Crippen LogP contribution < -0.4 is 9.54 Å². The predicted octanol–water partition coefficient (Wildman–Crippen LogP) is 4.43. The molecule has 164 valence electrons. The lowest BCUT2D eigenvalue weighted by Gasteiger charge is -2.17. The zero-order valence-corrected chi connectivity index (χ0v) is 19.8. The van der Waals surface area contributed by atoms with E-state index < -0.39 is 5.60 Å². The van der Waals surface area contributed by atoms with E-state index in [1.807, 2.05) is 17.0 Å². The molecule has 0 spiro atoms. The van der Waals surface area contributed by atoms with Gasteiger partial charge in [-0.15, -0.1) is 11.3 Å². The van der Waals surface area contributed by atoms with Crippen LogP contribution in [0.15, 0.2) is 34.4 Å². The molecular formula is C22H25ClN4O3S. The molecule has 9 heteroatoms. The fourth-order valence-corrected chi connectivity index (χ4v) is 4.33. The lowest BCUT2D eigenvalue weighted by atomic mass is 9.95. The summed E-state index contributed by atoms with van der Waals surface area (Å²) >= 11 is 7.69. The van der Waals surface area contributed by atoms with Gasteiger partial charge in [0.05, 0.1) is 19.2 Å². The molecule has 0 saturated heterocycles. The second-order valence-electron chi connectivity index (χ2n) is 8.52. The maximum Gasteiger partial charge on any atom is 0.303 e. The van der Waals surface area contributed by atoms with Crippen molar-refractivity contribution in [2.24, 2.45) is 9.98 Å². The monoisotopic (exact) mass is 460 g/mol. The first kappa shape index (κ1) is 23.0. The van der Waals surface area contributed by atoms with E-state index in [-0.39, 0.29) is 17.2 Å². The molecular weight excluding hydrogens is 436 g/mol. The van der Waals surface area contributed by atoms with Gasteiger partial charge in [-0.05, 0) is 36.5 Å². The van der Waals surface area contributed by atoms with Gasteiger partial charge in [0, 0.05) is 23.0 Å². The average molecular weight is 461 g/mol. The number of benzene rings is 1. The summed E-state index contributed by atoms with van der Waals surface area (Å²) in [7, 11) is 1.54. The number of thiazole rings is 1. The number of ether oxygens (including phenoxy) is 2. The molecule has 1 aliphatic carbocycles. The van der Waals surface area contributed by atoms with Crippen LogP contribution in [0.3, 0.4) is 0 Å². The molecule has 0 N–H and O–H groups in total. The van der Waals surface area contributed by atoms with Crippen molar-refractivity contribution >= 4 is 34.7 Å². The number of rotatable bonds is 5. The van der Waals surface area contributed by atoms with Gasteiger partial charge in [-0.25, -0.2) is 0 Å². The number of methoxy groups -OCH3 is 1. The number of halogens is 1. The summed E-state index contributed by atoms with van der Waals surface area (Å²) in [5.41, 5.74) is -0.0782. The third kappa shape index (κ3) is 5.54. The highest BCUT2D eigenvalue weighted by Crippen LogP contribution is 2.41. The molecule has 1 aliphatic rings. The lowest BCUT2D eigenvalue weighted by molar-refractivity contribution is -0.149. The number of nitrogens with zero attached hydrogens (tertiary/aromatic N) is 4. The third-order valence-electron chi connectivity index (χ3n) is 4.85. The zero-order valence-electron chi connectivity index (χ0n) is 18.2. The van der Waals surface area contributed by atoms with Crippen LogP contribution >= 0.6 is 22.9 Å². The minimum Gasteiger partial charge on any atom is -0.496 e. The summed E-state index contributed by atoms with van der Waals surface area (Å²) in [6, 6.07) is 5.08. The number of carbonyl (C=O) groups excluding carboxylic acids is 1. The van der Waals surface area contributed by atoms with Crippen LogP contribution in [0.4, 0.5) is 0 Å². The van der Waals surface area contributed by atoms with Gasteiger partial charge in [0.25, 0.3) is 0 Å². The van der Waals surface area contributed by atoms with Crippen molar-refractivity contribution in [2.75, 3.05) is 7.11 Å². The van der Waals surface area contributed by atoms with E-state index in [0.29, 0.717) is 27.7 Å². The summed E-state index contributed by atoms with van der Waals surface area (Å²) in [5, 5.41) is 9.76. The highest BCUT2D eigenvalue weighted by molar-refractivity contribution is 7.09. The molecule has 0 amide bonds. The minimum absolute atomic E-state index is 0.0986. The van der Waals surface area contributed by atoms with Crippen LogP contribution in [0, 0.1) is 11.5 Å². The molecule has 7 nitrogen and oxygen atoms in total. The predicted molar refractivity (Wildman–Crippen MR) is 120 cm³/mol. The Balaban J connectivity index is 2.14. The Morgan fingerprint density at radius 1 is 1.39 bits per heavy atom. The van der Waals surface area contributed by atoms with Gasteiger partial charge in [-0.1, -0.05) is 32.4 Å². The van der Waals surface area contributed by atoms with Crippen molar-refractivity contribution in [3.05, 3.63) is 44.7 Å². The van der Waals surface area contributed by atoms with Crippen molar-refractivity contribution in [3.8, 4) is 11.9 Å². The van der Waals surface area contributed by atoms with E-state index in [9.17, 15) is 10.1 Å². The second-order valence-corrected chi connectivity index (χ2v) is 9.97. The average Bonchev–Trinajstić information content (AvgIpc) is 3.29. The molecule has 1 saturated carbocycles. The fraction of sp³-hybridized carbons (Fsp3) is 0.455. The molecule has 1 aromatic carbocycles. The highest BCUT2D eigenvalue weighted by Gasteiger charge is 2.47. The van der Waals surface area contributed by atoms with Crippen LogP contribution in [0.5, 0.6) is 5.75 Å². The van der Waals surface area contributed by atoms with E-state index in [0.717, 1.165) is 17.7 Å². The van der Waals surface area contributed by atoms with Gasteiger partial charge >= 0.3 is 5.97 Å². The quantitative estimate of drug-likeness (QED) is 0.285. The number of hydrogen-bond acceptors (Lipinski definition) is 6. The first-order chi connectivity index (χ1) is 14.6. The van der Waals surface area contributed by atoms with E-state index in [2.05, 4.69) is 25.8 Å². The smallest absolute Gasteiger partial charge is 0.303 e. The van der Waals surface area contributed by atoms with Crippen LogP contribution in [-0.4, -0.2) is 29.1 Å². The minimum atomic E-state index is -0.503. The number of esters is 1. The largest absolute Gasteiger partial charge is 0.496 e. The van der Waals surface area contributed by atoms with E-state index in [1.54, 1.807) is 18.2 Å². The molecule has 1 heterocycles. The van der Waals surface area contributed by atoms with Crippen molar-refractivity contribution in [1.82, 2.24) is 4.57 Å². The maximum atomic E-state index is 11.6. The van der Waals surface area contributed by atoms with Crippen molar-refractivity contribution in [3.63, 3.8) is 0 Å². The number of aliphatic imine (C=N–C) groups is 1. The van der Waals surface area contributed by atoms with Crippen LogP contribution in [0.1, 0.15) is 51.0 Å². The summed E-state index contributed by atoms with van der Waals surface area (Å²) < 4.78 is 13.0. The lowest BCUT2D eigenvalue weighted by Crippen LogP contribution is -2.29. The number of nitriles is 1. The Bertz CT molecular complexity index is 1130. The highest BCUT2D eigenvalue weighted by atomic mass is 35.5. The van der Waals surface area contributed by atoms with Crippen molar-refractivity contribution in [2.45, 2.75) is 58.1 Å². The molecule has 2 aromatic rings. The molecule has 31 heavy (non-hydrogen) atoms. The van der Waals surface area contributed by atoms with Crippen molar-refractivity contribution in [1.29, 1.82) is 5.26 Å². The van der Waals surface area contributed by atoms with E-state index in [1.165, 1.54) is 25.4 Å². The molecule has 0 aliphatic heterocycles. The Kier molecular flexibility index (Phi) is 6.58. The van der Waals surface area contributed by atoms with Gasteiger partial charge in [-0.3, -0.25) is 4.79 Å². The summed E-state index contributed by atoms with van der Waals surface area (Å²) in [6.07, 6.45) is 5.47. The first-order valence-corrected chi connectivity index (χ1v) is 11.0. The van der Waals surface area contributed by atoms with Crippen LogP contribution in [0.2, 0.25) is 5.02 Å². The summed E-state index contributed by atoms with van der Waals surface area (Å²) in [6.45, 7) is 8.28. The van der Waals surface area contributed by atoms with Crippen LogP contribution in [-0.2, 0) is 21.5 Å². The molecule has 1 fully saturated rings. The van der Waals surface area contributed by atoms with Crippen LogP contribution in [0.25, 0.3) is 0 Å². The number of amidine groups is 1. The second kappa shape index (κ2) is 8.85. The molecule has 1 aromatic heterocycles. The van der Waals surface area contributed by atoms with Gasteiger partial charge in [0.1, 0.15) is 11.4 Å². The SMILES string of the molecule is COc1ccc(Cl)cc1C(=N/C#N)/N=c1\sc(C(C)(C)C)cn1CC1(OC(C)=O)CC1. The fourth-order valence-electron chi connectivity index (χ4n) is 3.11. The van der Waals surface area contributed by atoms with E-state index >= 15 is 0 Å². The Morgan fingerprint density at radius 3 is 2.65 bits per heavy atom. The Hall–Kier alpha value is -2.63. The molecule has 0 radical (unpaired) electrons. The molecule has 0 bridgehead atoms. The van der Waals surface area contributed by atoms with E-state index in [4.69, 9.17) is 26.1 Å². The Morgan fingerprint density at radius 2 is 2.10 bits per heavy atom.